The van der Waals surface area contributed by atoms with Gasteiger partial charge in [-0.15, -0.1) is 25.6 Å². The van der Waals surface area contributed by atoms with Crippen molar-refractivity contribution in [3.63, 3.8) is 0 Å². The third-order valence-corrected chi connectivity index (χ3v) is 4.64. The highest BCUT2D eigenvalue weighted by Crippen LogP contribution is 2.32. The smallest absolute Gasteiger partial charge is 0.434 e. The molecule has 0 saturated carbocycles. The number of alkyl halides is 5. The summed E-state index contributed by atoms with van der Waals surface area (Å²) in [6, 6.07) is 12.9. The zero-order valence-corrected chi connectivity index (χ0v) is 16.7. The van der Waals surface area contributed by atoms with Crippen LogP contribution in [0.1, 0.15) is 36.4 Å². The van der Waals surface area contributed by atoms with Crippen LogP contribution in [0.15, 0.2) is 48.5 Å². The van der Waals surface area contributed by atoms with E-state index in [0.717, 1.165) is 49.6 Å². The summed E-state index contributed by atoms with van der Waals surface area (Å²) in [6.07, 6.45) is -1.96. The van der Waals surface area contributed by atoms with Crippen molar-refractivity contribution in [1.29, 1.82) is 0 Å². The quantitative estimate of drug-likeness (QED) is 0.535. The standard InChI is InChI=1S/C20H21F5N2O2.ClH/c21-19(22)28-18-10-9-16(29-20(23,24)25)12-15(18)13-26-27-11-5-4-8-17(27)14-6-2-1-3-7-14;/h1-3,6-7,9-10,12,17,19,26H,4-5,8,11,13H2;1H/t17-;/m0./s1. The first-order chi connectivity index (χ1) is 13.8. The van der Waals surface area contributed by atoms with Crippen LogP contribution < -0.4 is 14.9 Å². The molecule has 0 spiro atoms. The van der Waals surface area contributed by atoms with Crippen LogP contribution in [0.4, 0.5) is 22.0 Å². The zero-order chi connectivity index (χ0) is 20.9. The second kappa shape index (κ2) is 10.8. The summed E-state index contributed by atoms with van der Waals surface area (Å²) in [7, 11) is 0. The van der Waals surface area contributed by atoms with E-state index in [2.05, 4.69) is 14.9 Å². The fourth-order valence-electron chi connectivity index (χ4n) is 3.43. The van der Waals surface area contributed by atoms with E-state index < -0.39 is 18.7 Å². The van der Waals surface area contributed by atoms with E-state index in [4.69, 9.17) is 0 Å². The molecule has 0 aromatic heterocycles. The maximum atomic E-state index is 12.7. The molecule has 1 aliphatic rings. The highest BCUT2D eigenvalue weighted by molar-refractivity contribution is 5.85. The summed E-state index contributed by atoms with van der Waals surface area (Å²) in [5.74, 6) is -0.690. The van der Waals surface area contributed by atoms with Gasteiger partial charge in [-0.3, -0.25) is 5.43 Å². The minimum absolute atomic E-state index is 0. The van der Waals surface area contributed by atoms with Gasteiger partial charge in [0.1, 0.15) is 11.5 Å². The molecule has 1 fully saturated rings. The lowest BCUT2D eigenvalue weighted by Crippen LogP contribution is -2.43. The molecule has 166 valence electrons. The molecule has 1 heterocycles. The number of hydrazine groups is 1. The van der Waals surface area contributed by atoms with E-state index in [9.17, 15) is 22.0 Å². The van der Waals surface area contributed by atoms with Gasteiger partial charge in [0.15, 0.2) is 0 Å². The molecule has 2 aromatic rings. The number of piperidine rings is 1. The molecule has 1 atom stereocenters. The average molecular weight is 453 g/mol. The summed E-state index contributed by atoms with van der Waals surface area (Å²) in [6.45, 7) is -2.35. The van der Waals surface area contributed by atoms with E-state index in [1.807, 2.05) is 35.3 Å². The lowest BCUT2D eigenvalue weighted by Gasteiger charge is -2.36. The molecule has 10 heteroatoms. The van der Waals surface area contributed by atoms with E-state index in [0.29, 0.717) is 0 Å². The predicted molar refractivity (Wildman–Crippen MR) is 104 cm³/mol. The number of nitrogens with one attached hydrogen (secondary N) is 1. The van der Waals surface area contributed by atoms with E-state index >= 15 is 0 Å². The predicted octanol–water partition coefficient (Wildman–Crippen LogP) is 5.84. The molecular weight excluding hydrogens is 431 g/mol. The fraction of sp³-hybridized carbons (Fsp3) is 0.400. The zero-order valence-electron chi connectivity index (χ0n) is 15.9. The number of benzene rings is 2. The molecule has 3 rings (SSSR count). The van der Waals surface area contributed by atoms with Gasteiger partial charge in [-0.25, -0.2) is 5.01 Å². The topological polar surface area (TPSA) is 33.7 Å². The molecule has 30 heavy (non-hydrogen) atoms. The van der Waals surface area contributed by atoms with Crippen LogP contribution in [0.25, 0.3) is 0 Å². The SMILES string of the molecule is Cl.FC(F)Oc1ccc(OC(F)(F)F)cc1CNN1CCCC[C@H]1c1ccccc1. The molecule has 0 amide bonds. The summed E-state index contributed by atoms with van der Waals surface area (Å²) < 4.78 is 71.2. The Morgan fingerprint density at radius 2 is 1.80 bits per heavy atom. The third kappa shape index (κ3) is 7.00. The maximum Gasteiger partial charge on any atom is 0.573 e. The summed E-state index contributed by atoms with van der Waals surface area (Å²) in [5, 5.41) is 1.99. The summed E-state index contributed by atoms with van der Waals surface area (Å²) in [4.78, 5) is 0. The van der Waals surface area contributed by atoms with Gasteiger partial charge in [0, 0.05) is 24.7 Å². The molecule has 0 aliphatic carbocycles. The van der Waals surface area contributed by atoms with Gasteiger partial charge in [0.05, 0.1) is 0 Å². The van der Waals surface area contributed by atoms with Crippen molar-refractivity contribution in [3.05, 3.63) is 59.7 Å². The molecule has 1 saturated heterocycles. The molecule has 4 nitrogen and oxygen atoms in total. The molecule has 2 aromatic carbocycles. The minimum atomic E-state index is -4.87. The first-order valence-corrected chi connectivity index (χ1v) is 9.20. The molecule has 0 unspecified atom stereocenters. The van der Waals surface area contributed by atoms with Crippen molar-refractivity contribution >= 4 is 12.4 Å². The Morgan fingerprint density at radius 3 is 2.47 bits per heavy atom. The number of hydrogen-bond acceptors (Lipinski definition) is 4. The molecule has 1 aliphatic heterocycles. The maximum absolute atomic E-state index is 12.7. The van der Waals surface area contributed by atoms with Gasteiger partial charge < -0.3 is 9.47 Å². The first-order valence-electron chi connectivity index (χ1n) is 9.20. The lowest BCUT2D eigenvalue weighted by molar-refractivity contribution is -0.274. The van der Waals surface area contributed by atoms with Crippen LogP contribution in [-0.4, -0.2) is 24.5 Å². The van der Waals surface area contributed by atoms with Crippen LogP contribution in [0.5, 0.6) is 11.5 Å². The van der Waals surface area contributed by atoms with Crippen LogP contribution >= 0.6 is 12.4 Å². The van der Waals surface area contributed by atoms with Crippen molar-refractivity contribution in [1.82, 2.24) is 10.4 Å². The van der Waals surface area contributed by atoms with E-state index in [1.54, 1.807) is 0 Å². The Hall–Kier alpha value is -2.10. The second-order valence-electron chi connectivity index (χ2n) is 6.65. The average Bonchev–Trinajstić information content (AvgIpc) is 2.67. The molecule has 0 radical (unpaired) electrons. The molecule has 1 N–H and O–H groups in total. The summed E-state index contributed by atoms with van der Waals surface area (Å²) >= 11 is 0. The van der Waals surface area contributed by atoms with Gasteiger partial charge in [0.25, 0.3) is 0 Å². The fourth-order valence-corrected chi connectivity index (χ4v) is 3.43. The van der Waals surface area contributed by atoms with E-state index in [-0.39, 0.29) is 36.3 Å². The highest BCUT2D eigenvalue weighted by atomic mass is 35.5. The van der Waals surface area contributed by atoms with Crippen LogP contribution in [0.3, 0.4) is 0 Å². The lowest BCUT2D eigenvalue weighted by atomic mass is 9.97. The third-order valence-electron chi connectivity index (χ3n) is 4.64. The number of ether oxygens (including phenoxy) is 2. The Bertz CT molecular complexity index is 793. The van der Waals surface area contributed by atoms with Crippen molar-refractivity contribution in [3.8, 4) is 11.5 Å². The monoisotopic (exact) mass is 452 g/mol. The number of rotatable bonds is 7. The van der Waals surface area contributed by atoms with E-state index in [1.165, 1.54) is 0 Å². The van der Waals surface area contributed by atoms with Gasteiger partial charge in [-0.05, 0) is 36.6 Å². The molecule has 0 bridgehead atoms. The first kappa shape index (κ1) is 24.2. The van der Waals surface area contributed by atoms with Crippen LogP contribution in [0.2, 0.25) is 0 Å². The number of nitrogens with zero attached hydrogens (tertiary/aromatic N) is 1. The normalized spacial score (nSPS) is 17.5. The van der Waals surface area contributed by atoms with Crippen molar-refractivity contribution in [2.45, 2.75) is 44.8 Å². The Morgan fingerprint density at radius 1 is 1.07 bits per heavy atom. The second-order valence-corrected chi connectivity index (χ2v) is 6.65. The molecular formula is C20H22ClF5N2O2. The number of halogens is 6. The number of hydrogen-bond donors (Lipinski definition) is 1. The van der Waals surface area contributed by atoms with Crippen molar-refractivity contribution in [2.24, 2.45) is 0 Å². The Balaban J connectivity index is 0.00000320. The van der Waals surface area contributed by atoms with Crippen LogP contribution in [-0.2, 0) is 6.54 Å². The van der Waals surface area contributed by atoms with Crippen molar-refractivity contribution < 1.29 is 31.4 Å². The minimum Gasteiger partial charge on any atom is -0.434 e. The largest absolute Gasteiger partial charge is 0.573 e. The Kier molecular flexibility index (Phi) is 8.69. The van der Waals surface area contributed by atoms with Gasteiger partial charge in [-0.2, -0.15) is 8.78 Å². The van der Waals surface area contributed by atoms with Crippen molar-refractivity contribution in [2.75, 3.05) is 6.54 Å². The highest BCUT2D eigenvalue weighted by Gasteiger charge is 2.31. The Labute approximate surface area is 177 Å². The van der Waals surface area contributed by atoms with Gasteiger partial charge >= 0.3 is 13.0 Å². The van der Waals surface area contributed by atoms with Gasteiger partial charge in [0.2, 0.25) is 0 Å². The van der Waals surface area contributed by atoms with Crippen LogP contribution in [0, 0.1) is 0 Å². The summed E-state index contributed by atoms with van der Waals surface area (Å²) in [5.41, 5.74) is 4.41. The van der Waals surface area contributed by atoms with Gasteiger partial charge in [-0.1, -0.05) is 36.8 Å².